The molecule has 0 aliphatic carbocycles. The summed E-state index contributed by atoms with van der Waals surface area (Å²) in [6, 6.07) is 4.08. The highest BCUT2D eigenvalue weighted by atomic mass is 16.6. The van der Waals surface area contributed by atoms with Crippen LogP contribution in [-0.4, -0.2) is 70.3 Å². The number of aryl methyl sites for hydroxylation is 1. The summed E-state index contributed by atoms with van der Waals surface area (Å²) in [5, 5.41) is 14.2. The number of alkyl carbamates (subject to hydrolysis) is 1. The number of nitrogens with zero attached hydrogens (tertiary/aromatic N) is 5. The van der Waals surface area contributed by atoms with E-state index in [2.05, 4.69) is 41.7 Å². The zero-order chi connectivity index (χ0) is 20.1. The first kappa shape index (κ1) is 17.5. The van der Waals surface area contributed by atoms with Crippen molar-refractivity contribution in [3.05, 3.63) is 24.0 Å². The Morgan fingerprint density at radius 3 is 2.93 bits per heavy atom. The lowest BCUT2D eigenvalue weighted by molar-refractivity contribution is 0.155. The molecule has 2 aromatic rings. The van der Waals surface area contributed by atoms with E-state index >= 15 is 0 Å². The van der Waals surface area contributed by atoms with Crippen LogP contribution in [0.25, 0.3) is 0 Å². The van der Waals surface area contributed by atoms with Crippen molar-refractivity contribution < 1.29 is 9.53 Å². The highest BCUT2D eigenvalue weighted by Crippen LogP contribution is 2.41. The Balaban J connectivity index is 1.22. The number of carbonyl (C=O) groups excluding carboxylic acids is 1. The molecule has 1 spiro atoms. The third-order valence-electron chi connectivity index (χ3n) is 6.53. The second-order valence-electron chi connectivity index (χ2n) is 8.35. The summed E-state index contributed by atoms with van der Waals surface area (Å²) in [4.78, 5) is 25.4. The number of aromatic nitrogens is 3. The monoisotopic (exact) mass is 408 g/mol. The SMILES string of the molecule is O=C1NC2(CCN(C3=Nc4[nH]nc(N5CCCc6ncccc65)c4NC3)CC2)CO1. The van der Waals surface area contributed by atoms with Crippen LogP contribution in [-0.2, 0) is 11.2 Å². The van der Waals surface area contributed by atoms with Gasteiger partial charge in [0.2, 0.25) is 0 Å². The summed E-state index contributed by atoms with van der Waals surface area (Å²) < 4.78 is 5.13. The van der Waals surface area contributed by atoms with Gasteiger partial charge in [0.05, 0.1) is 23.5 Å². The van der Waals surface area contributed by atoms with Crippen molar-refractivity contribution in [1.29, 1.82) is 0 Å². The van der Waals surface area contributed by atoms with Gasteiger partial charge in [-0.25, -0.2) is 9.79 Å². The average Bonchev–Trinajstić information content (AvgIpc) is 3.37. The third-order valence-corrected chi connectivity index (χ3v) is 6.53. The van der Waals surface area contributed by atoms with Gasteiger partial charge in [-0.3, -0.25) is 10.1 Å². The van der Waals surface area contributed by atoms with Gasteiger partial charge in [0.25, 0.3) is 0 Å². The van der Waals surface area contributed by atoms with E-state index < -0.39 is 0 Å². The van der Waals surface area contributed by atoms with E-state index in [1.54, 1.807) is 0 Å². The molecule has 1 amide bonds. The second-order valence-corrected chi connectivity index (χ2v) is 8.35. The molecule has 2 fully saturated rings. The Morgan fingerprint density at radius 1 is 1.20 bits per heavy atom. The van der Waals surface area contributed by atoms with Crippen molar-refractivity contribution in [1.82, 2.24) is 25.4 Å². The number of anilines is 3. The summed E-state index contributed by atoms with van der Waals surface area (Å²) in [5.74, 6) is 2.64. The number of hydrogen-bond acceptors (Lipinski definition) is 8. The summed E-state index contributed by atoms with van der Waals surface area (Å²) in [6.07, 6.45) is 5.31. The largest absolute Gasteiger partial charge is 0.447 e. The molecule has 2 saturated heterocycles. The summed E-state index contributed by atoms with van der Waals surface area (Å²) in [5.41, 5.74) is 2.97. The molecule has 30 heavy (non-hydrogen) atoms. The fraction of sp³-hybridized carbons (Fsp3) is 0.500. The van der Waals surface area contributed by atoms with Crippen LogP contribution in [0.2, 0.25) is 0 Å². The van der Waals surface area contributed by atoms with Crippen LogP contribution >= 0.6 is 0 Å². The topological polar surface area (TPSA) is 111 Å². The van der Waals surface area contributed by atoms with E-state index in [4.69, 9.17) is 9.73 Å². The first-order valence-electron chi connectivity index (χ1n) is 10.5. The minimum absolute atomic E-state index is 0.210. The van der Waals surface area contributed by atoms with Crippen LogP contribution in [0.15, 0.2) is 23.3 Å². The predicted molar refractivity (Wildman–Crippen MR) is 112 cm³/mol. The van der Waals surface area contributed by atoms with Gasteiger partial charge in [-0.2, -0.15) is 5.10 Å². The number of fused-ring (bicyclic) bond motifs is 2. The van der Waals surface area contributed by atoms with Crippen LogP contribution in [0.4, 0.5) is 27.8 Å². The highest BCUT2D eigenvalue weighted by molar-refractivity contribution is 5.96. The molecule has 10 nitrogen and oxygen atoms in total. The van der Waals surface area contributed by atoms with Crippen LogP contribution in [0, 0.1) is 0 Å². The molecule has 4 aliphatic heterocycles. The van der Waals surface area contributed by atoms with Crippen molar-refractivity contribution >= 4 is 34.9 Å². The maximum absolute atomic E-state index is 11.4. The predicted octanol–water partition coefficient (Wildman–Crippen LogP) is 1.92. The van der Waals surface area contributed by atoms with Gasteiger partial charge in [0.1, 0.15) is 18.1 Å². The molecule has 0 radical (unpaired) electrons. The Labute approximate surface area is 173 Å². The third kappa shape index (κ3) is 2.78. The fourth-order valence-corrected chi connectivity index (χ4v) is 4.85. The lowest BCUT2D eigenvalue weighted by Gasteiger charge is -2.39. The van der Waals surface area contributed by atoms with Gasteiger partial charge in [-0.1, -0.05) is 0 Å². The van der Waals surface area contributed by atoms with E-state index in [0.717, 1.165) is 79.9 Å². The zero-order valence-electron chi connectivity index (χ0n) is 16.6. The quantitative estimate of drug-likeness (QED) is 0.661. The maximum Gasteiger partial charge on any atom is 0.407 e. The second kappa shape index (κ2) is 6.61. The molecule has 2 aromatic heterocycles. The molecule has 156 valence electrons. The molecule has 0 aromatic carbocycles. The van der Waals surface area contributed by atoms with Crippen LogP contribution in [0.5, 0.6) is 0 Å². The fourth-order valence-electron chi connectivity index (χ4n) is 4.85. The number of amidine groups is 1. The number of likely N-dealkylation sites (tertiary alicyclic amines) is 1. The molecule has 4 aliphatic rings. The lowest BCUT2D eigenvalue weighted by atomic mass is 9.89. The van der Waals surface area contributed by atoms with Crippen molar-refractivity contribution in [3.8, 4) is 0 Å². The number of nitrogens with one attached hydrogen (secondary N) is 3. The lowest BCUT2D eigenvalue weighted by Crippen LogP contribution is -2.54. The first-order chi connectivity index (χ1) is 14.7. The number of amides is 1. The number of cyclic esters (lactones) is 1. The smallest absolute Gasteiger partial charge is 0.407 e. The van der Waals surface area contributed by atoms with E-state index in [9.17, 15) is 4.79 Å². The number of piperidine rings is 1. The van der Waals surface area contributed by atoms with E-state index in [1.807, 2.05) is 12.3 Å². The van der Waals surface area contributed by atoms with Crippen molar-refractivity contribution in [2.75, 3.05) is 43.0 Å². The van der Waals surface area contributed by atoms with E-state index in [-0.39, 0.29) is 11.6 Å². The number of hydrogen-bond donors (Lipinski definition) is 3. The highest BCUT2D eigenvalue weighted by Gasteiger charge is 2.42. The van der Waals surface area contributed by atoms with Gasteiger partial charge < -0.3 is 25.2 Å². The minimum atomic E-state index is -0.302. The van der Waals surface area contributed by atoms with Crippen molar-refractivity contribution in [2.24, 2.45) is 4.99 Å². The average molecular weight is 408 g/mol. The Bertz CT molecular complexity index is 1020. The number of aromatic amines is 1. The standard InChI is InChI=1S/C20H24N8O2/c29-19-24-20(12-30-19)5-9-27(10-6-20)15-11-22-16-17(23-15)25-26-18(16)28-8-2-3-13-14(28)4-1-7-21-13/h1,4,7,22H,2-3,5-6,8-12H2,(H,24,29)(H,25,26). The Morgan fingerprint density at radius 2 is 2.10 bits per heavy atom. The van der Waals surface area contributed by atoms with Gasteiger partial charge >= 0.3 is 6.09 Å². The summed E-state index contributed by atoms with van der Waals surface area (Å²) in [7, 11) is 0. The van der Waals surface area contributed by atoms with E-state index in [1.165, 1.54) is 0 Å². The number of aliphatic imine (C=N–C) groups is 1. The molecule has 0 bridgehead atoms. The Hall–Kier alpha value is -3.30. The Kier molecular flexibility index (Phi) is 3.87. The maximum atomic E-state index is 11.4. The minimum Gasteiger partial charge on any atom is -0.447 e. The first-order valence-corrected chi connectivity index (χ1v) is 10.5. The molecule has 3 N–H and O–H groups in total. The number of H-pyrrole nitrogens is 1. The van der Waals surface area contributed by atoms with E-state index in [0.29, 0.717) is 13.2 Å². The van der Waals surface area contributed by atoms with Crippen molar-refractivity contribution in [2.45, 2.75) is 31.2 Å². The summed E-state index contributed by atoms with van der Waals surface area (Å²) >= 11 is 0. The van der Waals surface area contributed by atoms with Crippen LogP contribution in [0.1, 0.15) is 25.0 Å². The van der Waals surface area contributed by atoms with Gasteiger partial charge in [-0.15, -0.1) is 0 Å². The van der Waals surface area contributed by atoms with Crippen molar-refractivity contribution in [3.63, 3.8) is 0 Å². The van der Waals surface area contributed by atoms with Gasteiger partial charge in [0.15, 0.2) is 11.6 Å². The summed E-state index contributed by atoms with van der Waals surface area (Å²) in [6.45, 7) is 3.71. The number of carbonyl (C=O) groups is 1. The molecular formula is C20H24N8O2. The normalized spacial score (nSPS) is 22.0. The molecule has 10 heteroatoms. The molecule has 0 atom stereocenters. The molecule has 0 unspecified atom stereocenters. The van der Waals surface area contributed by atoms with Gasteiger partial charge in [-0.05, 0) is 37.8 Å². The zero-order valence-corrected chi connectivity index (χ0v) is 16.6. The van der Waals surface area contributed by atoms with Gasteiger partial charge in [0, 0.05) is 25.8 Å². The molecular weight excluding hydrogens is 384 g/mol. The number of ether oxygens (including phenoxy) is 1. The number of pyridine rings is 1. The molecule has 6 heterocycles. The molecule has 6 rings (SSSR count). The van der Waals surface area contributed by atoms with Crippen LogP contribution < -0.4 is 15.5 Å². The molecule has 0 saturated carbocycles. The van der Waals surface area contributed by atoms with Crippen LogP contribution in [0.3, 0.4) is 0 Å². The number of rotatable bonds is 1.